The van der Waals surface area contributed by atoms with Gasteiger partial charge in [0.05, 0.1) is 32.6 Å². The number of amides is 1. The van der Waals surface area contributed by atoms with Crippen LogP contribution in [0.1, 0.15) is 16.6 Å². The number of nitrogens with zero attached hydrogens (tertiary/aromatic N) is 4. The average Bonchev–Trinajstić information content (AvgIpc) is 3.52. The van der Waals surface area contributed by atoms with E-state index < -0.39 is 0 Å². The van der Waals surface area contributed by atoms with Crippen LogP contribution in [0.5, 0.6) is 5.75 Å². The molecule has 5 rings (SSSR count). The van der Waals surface area contributed by atoms with Gasteiger partial charge in [0.2, 0.25) is 0 Å². The molecule has 150 valence electrons. The van der Waals surface area contributed by atoms with Gasteiger partial charge in [-0.25, -0.2) is 4.68 Å². The van der Waals surface area contributed by atoms with Gasteiger partial charge in [-0.15, -0.1) is 5.10 Å². The first-order valence-corrected chi connectivity index (χ1v) is 9.24. The fourth-order valence-electron chi connectivity index (χ4n) is 3.83. The molecule has 0 saturated carbocycles. The molecule has 0 radical (unpaired) electrons. The number of hydrogen-bond donors (Lipinski definition) is 1. The van der Waals surface area contributed by atoms with E-state index in [9.17, 15) is 4.79 Å². The fourth-order valence-corrected chi connectivity index (χ4v) is 3.83. The Morgan fingerprint density at radius 2 is 2.10 bits per heavy atom. The molecule has 0 aliphatic carbocycles. The van der Waals surface area contributed by atoms with Crippen LogP contribution in [-0.4, -0.2) is 64.7 Å². The van der Waals surface area contributed by atoms with Crippen LogP contribution in [-0.2, 0) is 9.47 Å². The minimum atomic E-state index is -0.296. The number of nitrogens with one attached hydrogen (secondary N) is 1. The van der Waals surface area contributed by atoms with Crippen molar-refractivity contribution in [3.63, 3.8) is 0 Å². The van der Waals surface area contributed by atoms with Crippen molar-refractivity contribution in [1.29, 1.82) is 0 Å². The van der Waals surface area contributed by atoms with Crippen LogP contribution in [0.4, 0.5) is 0 Å². The molecule has 10 nitrogen and oxygen atoms in total. The molecule has 2 saturated heterocycles. The van der Waals surface area contributed by atoms with Crippen molar-refractivity contribution in [2.45, 2.75) is 24.3 Å². The van der Waals surface area contributed by atoms with Gasteiger partial charge >= 0.3 is 0 Å². The minimum absolute atomic E-state index is 0.207. The SMILES string of the molecule is COc1cccc(-c2nnnn2C2COC3C(NC(=O)c4ccco4)COC32)c1. The molecule has 29 heavy (non-hydrogen) atoms. The number of carbonyl (C=O) groups excluding carboxylic acids is 1. The molecule has 2 aromatic heterocycles. The molecule has 1 amide bonds. The molecule has 0 bridgehead atoms. The lowest BCUT2D eigenvalue weighted by Crippen LogP contribution is -2.44. The zero-order valence-electron chi connectivity index (χ0n) is 15.6. The standard InChI is InChI=1S/C19H19N5O5/c1-26-12-5-2-4-11(8-12)18-21-22-23-24(18)14-10-29-16-13(9-28-17(14)16)20-19(25)15-6-3-7-27-15/h2-8,13-14,16-17H,9-10H2,1H3,(H,20,25). The van der Waals surface area contributed by atoms with Gasteiger partial charge in [-0.2, -0.15) is 0 Å². The van der Waals surface area contributed by atoms with Gasteiger partial charge < -0.3 is 23.9 Å². The van der Waals surface area contributed by atoms with Gasteiger partial charge in [0.15, 0.2) is 11.6 Å². The second-order valence-electron chi connectivity index (χ2n) is 6.90. The lowest BCUT2D eigenvalue weighted by atomic mass is 10.1. The third-order valence-corrected chi connectivity index (χ3v) is 5.22. The number of methoxy groups -OCH3 is 1. The van der Waals surface area contributed by atoms with Crippen LogP contribution >= 0.6 is 0 Å². The summed E-state index contributed by atoms with van der Waals surface area (Å²) in [5, 5.41) is 15.1. The maximum absolute atomic E-state index is 12.3. The molecule has 10 heteroatoms. The molecule has 2 fully saturated rings. The van der Waals surface area contributed by atoms with Crippen molar-refractivity contribution in [3.05, 3.63) is 48.4 Å². The van der Waals surface area contributed by atoms with Gasteiger partial charge in [0.25, 0.3) is 5.91 Å². The first kappa shape index (κ1) is 17.8. The highest BCUT2D eigenvalue weighted by atomic mass is 16.6. The average molecular weight is 397 g/mol. The number of carbonyl (C=O) groups is 1. The van der Waals surface area contributed by atoms with E-state index in [0.29, 0.717) is 19.0 Å². The molecular formula is C19H19N5O5. The smallest absolute Gasteiger partial charge is 0.287 e. The molecule has 4 unspecified atom stereocenters. The van der Waals surface area contributed by atoms with E-state index in [0.717, 1.165) is 11.3 Å². The van der Waals surface area contributed by atoms with Crippen molar-refractivity contribution in [2.24, 2.45) is 0 Å². The second kappa shape index (κ2) is 7.30. The van der Waals surface area contributed by atoms with Gasteiger partial charge in [-0.05, 0) is 34.7 Å². The van der Waals surface area contributed by atoms with E-state index >= 15 is 0 Å². The second-order valence-corrected chi connectivity index (χ2v) is 6.90. The summed E-state index contributed by atoms with van der Waals surface area (Å²) in [5.74, 6) is 1.28. The quantitative estimate of drug-likeness (QED) is 0.680. The summed E-state index contributed by atoms with van der Waals surface area (Å²) < 4.78 is 24.1. The number of hydrogen-bond acceptors (Lipinski definition) is 8. The third kappa shape index (κ3) is 3.15. The van der Waals surface area contributed by atoms with Crippen LogP contribution in [0.3, 0.4) is 0 Å². The maximum atomic E-state index is 12.3. The Balaban J connectivity index is 1.35. The summed E-state index contributed by atoms with van der Waals surface area (Å²) >= 11 is 0. The van der Waals surface area contributed by atoms with Crippen molar-refractivity contribution >= 4 is 5.91 Å². The van der Waals surface area contributed by atoms with Crippen molar-refractivity contribution in [2.75, 3.05) is 20.3 Å². The van der Waals surface area contributed by atoms with Crippen LogP contribution in [0, 0.1) is 0 Å². The normalized spacial score (nSPS) is 25.7. The van der Waals surface area contributed by atoms with E-state index in [2.05, 4.69) is 20.8 Å². The monoisotopic (exact) mass is 397 g/mol. The molecule has 2 aliphatic heterocycles. The maximum Gasteiger partial charge on any atom is 0.287 e. The Labute approximate surface area is 165 Å². The van der Waals surface area contributed by atoms with E-state index in [1.54, 1.807) is 23.9 Å². The highest BCUT2D eigenvalue weighted by Gasteiger charge is 2.50. The third-order valence-electron chi connectivity index (χ3n) is 5.22. The Kier molecular flexibility index (Phi) is 4.49. The molecule has 4 heterocycles. The van der Waals surface area contributed by atoms with Crippen molar-refractivity contribution < 1.29 is 23.4 Å². The first-order valence-electron chi connectivity index (χ1n) is 9.24. The first-order chi connectivity index (χ1) is 14.2. The van der Waals surface area contributed by atoms with Gasteiger partial charge in [-0.3, -0.25) is 4.79 Å². The zero-order chi connectivity index (χ0) is 19.8. The number of rotatable bonds is 5. The van der Waals surface area contributed by atoms with E-state index in [1.165, 1.54) is 6.26 Å². The number of tetrazole rings is 1. The summed E-state index contributed by atoms with van der Waals surface area (Å²) in [4.78, 5) is 12.3. The number of benzene rings is 1. The van der Waals surface area contributed by atoms with Gasteiger partial charge in [0.1, 0.15) is 24.0 Å². The van der Waals surface area contributed by atoms with E-state index in [-0.39, 0.29) is 36.0 Å². The molecular weight excluding hydrogens is 378 g/mol. The highest BCUT2D eigenvalue weighted by Crippen LogP contribution is 2.36. The Hall–Kier alpha value is -3.24. The topological polar surface area (TPSA) is 114 Å². The summed E-state index contributed by atoms with van der Waals surface area (Å²) in [6, 6.07) is 10.3. The number of furan rings is 1. The lowest BCUT2D eigenvalue weighted by molar-refractivity contribution is 0.0613. The Morgan fingerprint density at radius 3 is 2.93 bits per heavy atom. The van der Waals surface area contributed by atoms with E-state index in [4.69, 9.17) is 18.6 Å². The van der Waals surface area contributed by atoms with E-state index in [1.807, 2.05) is 24.3 Å². The lowest BCUT2D eigenvalue weighted by Gasteiger charge is -2.18. The zero-order valence-corrected chi connectivity index (χ0v) is 15.6. The van der Waals surface area contributed by atoms with Crippen LogP contribution in [0.2, 0.25) is 0 Å². The van der Waals surface area contributed by atoms with Crippen molar-refractivity contribution in [3.8, 4) is 17.1 Å². The van der Waals surface area contributed by atoms with Gasteiger partial charge in [-0.1, -0.05) is 12.1 Å². The van der Waals surface area contributed by atoms with Crippen LogP contribution < -0.4 is 10.1 Å². The van der Waals surface area contributed by atoms with Crippen LogP contribution in [0.15, 0.2) is 47.1 Å². The predicted octanol–water partition coefficient (Wildman–Crippen LogP) is 1.08. The molecule has 0 spiro atoms. The largest absolute Gasteiger partial charge is 0.497 e. The molecule has 2 aliphatic rings. The Bertz CT molecular complexity index is 1000. The molecule has 1 N–H and O–H groups in total. The summed E-state index contributed by atoms with van der Waals surface area (Å²) in [6.07, 6.45) is 0.897. The summed E-state index contributed by atoms with van der Waals surface area (Å²) in [7, 11) is 1.61. The summed E-state index contributed by atoms with van der Waals surface area (Å²) in [5.41, 5.74) is 0.832. The number of fused-ring (bicyclic) bond motifs is 1. The van der Waals surface area contributed by atoms with Crippen molar-refractivity contribution in [1.82, 2.24) is 25.5 Å². The van der Waals surface area contributed by atoms with Gasteiger partial charge in [0, 0.05) is 5.56 Å². The summed E-state index contributed by atoms with van der Waals surface area (Å²) in [6.45, 7) is 0.722. The molecule has 1 aromatic carbocycles. The predicted molar refractivity (Wildman–Crippen MR) is 98.3 cm³/mol. The highest BCUT2D eigenvalue weighted by molar-refractivity contribution is 5.91. The van der Waals surface area contributed by atoms with Crippen LogP contribution in [0.25, 0.3) is 11.4 Å². The molecule has 3 aromatic rings. The number of ether oxygens (including phenoxy) is 3. The Morgan fingerprint density at radius 1 is 1.21 bits per heavy atom. The minimum Gasteiger partial charge on any atom is -0.497 e. The fraction of sp³-hybridized carbons (Fsp3) is 0.368. The molecule has 4 atom stereocenters. The number of aromatic nitrogens is 4.